The molecule has 3 rings (SSSR count). The first-order valence-electron chi connectivity index (χ1n) is 6.52. The Morgan fingerprint density at radius 2 is 1.67 bits per heavy atom. The summed E-state index contributed by atoms with van der Waals surface area (Å²) in [6.45, 7) is 0. The minimum atomic E-state index is -4.04. The monoisotopic (exact) mass is 472 g/mol. The summed E-state index contributed by atoms with van der Waals surface area (Å²) in [6, 6.07) is 12.1. The number of nitrogens with zero attached hydrogens (tertiary/aromatic N) is 3. The number of aromatic nitrogens is 3. The molecule has 0 amide bonds. The maximum atomic E-state index is 10.9. The fourth-order valence-electron chi connectivity index (χ4n) is 2.01. The van der Waals surface area contributed by atoms with E-state index in [0.717, 1.165) is 20.2 Å². The van der Waals surface area contributed by atoms with Gasteiger partial charge in [-0.25, -0.2) is 4.68 Å². The van der Waals surface area contributed by atoms with Gasteiger partial charge in [-0.2, -0.15) is 13.6 Å². The fourth-order valence-corrected chi connectivity index (χ4v) is 3.66. The first-order valence-corrected chi connectivity index (χ1v) is 9.57. The van der Waals surface area contributed by atoms with E-state index < -0.39 is 10.3 Å². The van der Waals surface area contributed by atoms with Crippen LogP contribution in [-0.2, 0) is 10.3 Å². The van der Waals surface area contributed by atoms with Crippen LogP contribution in [0.5, 0.6) is 5.75 Å². The molecule has 0 spiro atoms. The highest BCUT2D eigenvalue weighted by molar-refractivity contribution is 9.11. The highest BCUT2D eigenvalue weighted by Gasteiger charge is 2.09. The largest absolute Gasteiger partial charge is 0.380 e. The first-order chi connectivity index (χ1) is 11.3. The van der Waals surface area contributed by atoms with Crippen molar-refractivity contribution < 1.29 is 12.6 Å². The molecule has 10 heteroatoms. The summed E-state index contributed by atoms with van der Waals surface area (Å²) in [5.74, 6) is 0.129. The van der Waals surface area contributed by atoms with Gasteiger partial charge in [-0.05, 0) is 42.5 Å². The lowest BCUT2D eigenvalue weighted by Crippen LogP contribution is -2.18. The molecule has 124 valence electrons. The molecule has 1 aromatic heterocycles. The minimum Gasteiger partial charge on any atom is -0.371 e. The third-order valence-electron chi connectivity index (χ3n) is 2.97. The van der Waals surface area contributed by atoms with Crippen molar-refractivity contribution in [3.8, 4) is 22.7 Å². The maximum Gasteiger partial charge on any atom is 0.380 e. The van der Waals surface area contributed by atoms with Crippen LogP contribution in [0.2, 0.25) is 0 Å². The second kappa shape index (κ2) is 6.63. The molecule has 0 bridgehead atoms. The van der Waals surface area contributed by atoms with E-state index >= 15 is 0 Å². The van der Waals surface area contributed by atoms with Crippen LogP contribution < -0.4 is 9.32 Å². The summed E-state index contributed by atoms with van der Waals surface area (Å²) >= 11 is 6.86. The van der Waals surface area contributed by atoms with Crippen LogP contribution in [0.25, 0.3) is 16.9 Å². The minimum absolute atomic E-state index is 0.129. The Morgan fingerprint density at radius 3 is 2.25 bits per heavy atom. The zero-order chi connectivity index (χ0) is 17.3. The lowest BCUT2D eigenvalue weighted by atomic mass is 10.2. The Kier molecular flexibility index (Phi) is 4.72. The molecule has 2 aromatic carbocycles. The van der Waals surface area contributed by atoms with Crippen molar-refractivity contribution in [2.24, 2.45) is 5.14 Å². The molecule has 1 heterocycles. The van der Waals surface area contributed by atoms with Gasteiger partial charge in [0.25, 0.3) is 0 Å². The van der Waals surface area contributed by atoms with Gasteiger partial charge in [-0.15, -0.1) is 5.10 Å². The quantitative estimate of drug-likeness (QED) is 0.627. The van der Waals surface area contributed by atoms with Crippen molar-refractivity contribution >= 4 is 42.2 Å². The molecule has 7 nitrogen and oxygen atoms in total. The molecular weight excluding hydrogens is 464 g/mol. The van der Waals surface area contributed by atoms with E-state index in [1.54, 1.807) is 23.0 Å². The number of halogens is 2. The predicted molar refractivity (Wildman–Crippen MR) is 95.9 cm³/mol. The molecule has 0 atom stereocenters. The number of hydrogen-bond donors (Lipinski definition) is 1. The Hall–Kier alpha value is -1.75. The maximum absolute atomic E-state index is 10.9. The standard InChI is InChI=1S/C14H10Br2N4O3S/c15-10-5-11(16)7-12(6-10)20-8-14(18-19-20)9-1-3-13(4-2-9)23-24(17,21)22/h1-8H,(H2,17,21,22). The predicted octanol–water partition coefficient (Wildman–Crippen LogP) is 3.04. The zero-order valence-electron chi connectivity index (χ0n) is 11.9. The summed E-state index contributed by atoms with van der Waals surface area (Å²) in [6.07, 6.45) is 1.77. The molecule has 3 aromatic rings. The first kappa shape index (κ1) is 17.1. The van der Waals surface area contributed by atoms with Gasteiger partial charge in [-0.3, -0.25) is 0 Å². The highest BCUT2D eigenvalue weighted by atomic mass is 79.9. The van der Waals surface area contributed by atoms with Crippen LogP contribution in [0.3, 0.4) is 0 Å². The molecule has 0 saturated carbocycles. The third kappa shape index (κ3) is 4.20. The average Bonchev–Trinajstić information content (AvgIpc) is 2.95. The average molecular weight is 474 g/mol. The number of hydrogen-bond acceptors (Lipinski definition) is 5. The van der Waals surface area contributed by atoms with Gasteiger partial charge in [0.15, 0.2) is 0 Å². The second-order valence-corrected chi connectivity index (χ2v) is 7.76. The Morgan fingerprint density at radius 1 is 1.04 bits per heavy atom. The lowest BCUT2D eigenvalue weighted by Gasteiger charge is -2.03. The summed E-state index contributed by atoms with van der Waals surface area (Å²) in [7, 11) is -4.04. The summed E-state index contributed by atoms with van der Waals surface area (Å²) < 4.78 is 29.8. The van der Waals surface area contributed by atoms with Crippen molar-refractivity contribution in [3.63, 3.8) is 0 Å². The van der Waals surface area contributed by atoms with Gasteiger partial charge in [-0.1, -0.05) is 37.1 Å². The normalized spacial score (nSPS) is 11.5. The molecule has 0 unspecified atom stereocenters. The van der Waals surface area contributed by atoms with E-state index in [9.17, 15) is 8.42 Å². The second-order valence-electron chi connectivity index (χ2n) is 4.78. The van der Waals surface area contributed by atoms with Crippen molar-refractivity contribution in [3.05, 3.63) is 57.6 Å². The van der Waals surface area contributed by atoms with Crippen LogP contribution in [0.1, 0.15) is 0 Å². The Balaban J connectivity index is 1.88. The van der Waals surface area contributed by atoms with Crippen LogP contribution in [0, 0.1) is 0 Å². The molecule has 0 aliphatic heterocycles. The molecule has 24 heavy (non-hydrogen) atoms. The van der Waals surface area contributed by atoms with Crippen molar-refractivity contribution in [1.82, 2.24) is 15.0 Å². The van der Waals surface area contributed by atoms with Crippen LogP contribution in [0.15, 0.2) is 57.6 Å². The molecule has 2 N–H and O–H groups in total. The van der Waals surface area contributed by atoms with Crippen molar-refractivity contribution in [2.45, 2.75) is 0 Å². The Bertz CT molecular complexity index is 967. The van der Waals surface area contributed by atoms with E-state index in [0.29, 0.717) is 5.69 Å². The van der Waals surface area contributed by atoms with Gasteiger partial charge in [0.05, 0.1) is 11.9 Å². The van der Waals surface area contributed by atoms with E-state index in [2.05, 4.69) is 46.4 Å². The molecule has 0 fully saturated rings. The highest BCUT2D eigenvalue weighted by Crippen LogP contribution is 2.25. The number of benzene rings is 2. The number of rotatable bonds is 4. The van der Waals surface area contributed by atoms with E-state index in [1.165, 1.54) is 12.1 Å². The van der Waals surface area contributed by atoms with Crippen LogP contribution in [-0.4, -0.2) is 23.4 Å². The molecule has 0 saturated heterocycles. The zero-order valence-corrected chi connectivity index (χ0v) is 15.9. The van der Waals surface area contributed by atoms with Crippen LogP contribution in [0.4, 0.5) is 0 Å². The van der Waals surface area contributed by atoms with Crippen molar-refractivity contribution in [2.75, 3.05) is 0 Å². The molecule has 0 aliphatic carbocycles. The summed E-state index contributed by atoms with van der Waals surface area (Å²) in [5.41, 5.74) is 2.23. The smallest absolute Gasteiger partial charge is 0.371 e. The van der Waals surface area contributed by atoms with E-state index in [-0.39, 0.29) is 5.75 Å². The van der Waals surface area contributed by atoms with E-state index in [1.807, 2.05) is 18.2 Å². The Labute approximate surface area is 154 Å². The van der Waals surface area contributed by atoms with E-state index in [4.69, 9.17) is 5.14 Å². The summed E-state index contributed by atoms with van der Waals surface area (Å²) in [5, 5.41) is 13.1. The van der Waals surface area contributed by atoms with Gasteiger partial charge >= 0.3 is 10.3 Å². The topological polar surface area (TPSA) is 100 Å². The fraction of sp³-hybridized carbons (Fsp3) is 0. The molecule has 0 radical (unpaired) electrons. The van der Waals surface area contributed by atoms with Gasteiger partial charge in [0, 0.05) is 14.5 Å². The van der Waals surface area contributed by atoms with Crippen LogP contribution >= 0.6 is 31.9 Å². The lowest BCUT2D eigenvalue weighted by molar-refractivity contribution is 0.488. The third-order valence-corrected chi connectivity index (χ3v) is 4.31. The number of nitrogens with two attached hydrogens (primary N) is 1. The molecular formula is C14H10Br2N4O3S. The molecule has 0 aliphatic rings. The van der Waals surface area contributed by atoms with Gasteiger partial charge < -0.3 is 4.18 Å². The SMILES string of the molecule is NS(=O)(=O)Oc1ccc(-c2cn(-c3cc(Br)cc(Br)c3)nn2)cc1. The van der Waals surface area contributed by atoms with Gasteiger partial charge in [0.2, 0.25) is 0 Å². The van der Waals surface area contributed by atoms with Gasteiger partial charge in [0.1, 0.15) is 11.4 Å². The summed E-state index contributed by atoms with van der Waals surface area (Å²) in [4.78, 5) is 0. The van der Waals surface area contributed by atoms with Crippen molar-refractivity contribution in [1.29, 1.82) is 0 Å².